The minimum Gasteiger partial charge on any atom is -0.339 e. The summed E-state index contributed by atoms with van der Waals surface area (Å²) in [6.45, 7) is 4.19. The Labute approximate surface area is 124 Å². The molecule has 3 rings (SSSR count). The van der Waals surface area contributed by atoms with Gasteiger partial charge in [0.15, 0.2) is 5.82 Å². The molecule has 4 nitrogen and oxygen atoms in total. The summed E-state index contributed by atoms with van der Waals surface area (Å²) in [4.78, 5) is 15.8. The van der Waals surface area contributed by atoms with Crippen molar-refractivity contribution < 1.29 is 9.32 Å². The third-order valence-corrected chi connectivity index (χ3v) is 4.02. The molecule has 1 aliphatic rings. The van der Waals surface area contributed by atoms with Gasteiger partial charge in [0, 0.05) is 25.2 Å². The number of hydrogen-bond acceptors (Lipinski definition) is 4. The van der Waals surface area contributed by atoms with E-state index in [-0.39, 0.29) is 5.92 Å². The third-order valence-electron chi connectivity index (χ3n) is 4.02. The predicted octanol–water partition coefficient (Wildman–Crippen LogP) is 3.50. The van der Waals surface area contributed by atoms with Crippen molar-refractivity contribution in [2.75, 3.05) is 0 Å². The first kappa shape index (κ1) is 14.0. The minimum absolute atomic E-state index is 0.253. The molecule has 0 unspecified atom stereocenters. The van der Waals surface area contributed by atoms with E-state index in [1.54, 1.807) is 0 Å². The maximum Gasteiger partial charge on any atom is 0.229 e. The lowest BCUT2D eigenvalue weighted by molar-refractivity contribution is -0.120. The monoisotopic (exact) mass is 284 g/mol. The van der Waals surface area contributed by atoms with E-state index in [1.807, 2.05) is 0 Å². The first-order chi connectivity index (χ1) is 10.1. The second-order valence-corrected chi connectivity index (χ2v) is 6.03. The van der Waals surface area contributed by atoms with Gasteiger partial charge in [0.1, 0.15) is 5.78 Å². The Hall–Kier alpha value is -1.97. The molecular weight excluding hydrogens is 264 g/mol. The fourth-order valence-corrected chi connectivity index (χ4v) is 3.05. The van der Waals surface area contributed by atoms with Gasteiger partial charge >= 0.3 is 0 Å². The summed E-state index contributed by atoms with van der Waals surface area (Å²) in [5.41, 5.74) is 3.71. The lowest BCUT2D eigenvalue weighted by Crippen LogP contribution is -2.12. The summed E-state index contributed by atoms with van der Waals surface area (Å²) in [5.74, 6) is 2.03. The summed E-state index contributed by atoms with van der Waals surface area (Å²) in [5, 5.41) is 4.09. The molecule has 21 heavy (non-hydrogen) atoms. The van der Waals surface area contributed by atoms with Gasteiger partial charge in [-0.3, -0.25) is 4.79 Å². The summed E-state index contributed by atoms with van der Waals surface area (Å²) < 4.78 is 5.40. The van der Waals surface area contributed by atoms with Crippen molar-refractivity contribution in [1.29, 1.82) is 0 Å². The topological polar surface area (TPSA) is 56.0 Å². The Morgan fingerprint density at radius 1 is 1.14 bits per heavy atom. The number of aryl methyl sites for hydroxylation is 2. The Bertz CT molecular complexity index is 630. The van der Waals surface area contributed by atoms with Crippen LogP contribution in [-0.4, -0.2) is 15.9 Å². The van der Waals surface area contributed by atoms with Crippen LogP contribution in [0.25, 0.3) is 0 Å². The second kappa shape index (κ2) is 5.80. The Kier molecular flexibility index (Phi) is 3.86. The number of carbonyl (C=O) groups excluding carboxylic acids is 1. The zero-order valence-corrected chi connectivity index (χ0v) is 12.6. The highest BCUT2D eigenvalue weighted by Gasteiger charge is 2.24. The van der Waals surface area contributed by atoms with Crippen molar-refractivity contribution in [2.24, 2.45) is 0 Å². The standard InChI is InChI=1S/C17H20N2O2/c1-11-7-12(2)9-13(8-11)10-16-18-17(21-19-16)14-3-5-15(20)6-4-14/h7-9,14H,3-6,10H2,1-2H3. The third kappa shape index (κ3) is 3.38. The van der Waals surface area contributed by atoms with Crippen molar-refractivity contribution in [3.8, 4) is 0 Å². The lowest BCUT2D eigenvalue weighted by atomic mass is 9.88. The second-order valence-electron chi connectivity index (χ2n) is 6.03. The molecule has 0 spiro atoms. The van der Waals surface area contributed by atoms with Gasteiger partial charge in [0.2, 0.25) is 5.89 Å². The van der Waals surface area contributed by atoms with E-state index in [1.165, 1.54) is 16.7 Å². The van der Waals surface area contributed by atoms with Crippen molar-refractivity contribution >= 4 is 5.78 Å². The molecular formula is C17H20N2O2. The van der Waals surface area contributed by atoms with Crippen LogP contribution >= 0.6 is 0 Å². The molecule has 1 heterocycles. The molecule has 1 fully saturated rings. The summed E-state index contributed by atoms with van der Waals surface area (Å²) in [6, 6.07) is 6.47. The number of ketones is 1. The minimum atomic E-state index is 0.253. The normalized spacial score (nSPS) is 16.4. The van der Waals surface area contributed by atoms with Gasteiger partial charge < -0.3 is 4.52 Å². The molecule has 0 radical (unpaired) electrons. The van der Waals surface area contributed by atoms with E-state index >= 15 is 0 Å². The molecule has 1 aliphatic carbocycles. The van der Waals surface area contributed by atoms with Crippen LogP contribution in [0.4, 0.5) is 0 Å². The number of carbonyl (C=O) groups is 1. The van der Waals surface area contributed by atoms with E-state index < -0.39 is 0 Å². The highest BCUT2D eigenvalue weighted by atomic mass is 16.5. The number of nitrogens with zero attached hydrogens (tertiary/aromatic N) is 2. The molecule has 110 valence electrons. The Morgan fingerprint density at radius 2 is 1.81 bits per heavy atom. The quantitative estimate of drug-likeness (QED) is 0.865. The van der Waals surface area contributed by atoms with Crippen molar-refractivity contribution in [3.63, 3.8) is 0 Å². The van der Waals surface area contributed by atoms with Gasteiger partial charge in [0.25, 0.3) is 0 Å². The first-order valence-electron chi connectivity index (χ1n) is 7.51. The van der Waals surface area contributed by atoms with E-state index in [9.17, 15) is 4.79 Å². The van der Waals surface area contributed by atoms with E-state index in [4.69, 9.17) is 4.52 Å². The van der Waals surface area contributed by atoms with Gasteiger partial charge in [-0.2, -0.15) is 4.98 Å². The molecule has 2 aromatic rings. The van der Waals surface area contributed by atoms with Crippen LogP contribution in [0.3, 0.4) is 0 Å². The fraction of sp³-hybridized carbons (Fsp3) is 0.471. The Morgan fingerprint density at radius 3 is 2.48 bits per heavy atom. The van der Waals surface area contributed by atoms with Crippen LogP contribution < -0.4 is 0 Å². The van der Waals surface area contributed by atoms with Crippen molar-refractivity contribution in [2.45, 2.75) is 51.9 Å². The number of hydrogen-bond donors (Lipinski definition) is 0. The van der Waals surface area contributed by atoms with Crippen molar-refractivity contribution in [1.82, 2.24) is 10.1 Å². The Balaban J connectivity index is 1.71. The van der Waals surface area contributed by atoms with Gasteiger partial charge in [0.05, 0.1) is 0 Å². The molecule has 4 heteroatoms. The summed E-state index contributed by atoms with van der Waals surface area (Å²) >= 11 is 0. The molecule has 0 amide bonds. The zero-order valence-electron chi connectivity index (χ0n) is 12.6. The van der Waals surface area contributed by atoms with Crippen LogP contribution in [0, 0.1) is 13.8 Å². The smallest absolute Gasteiger partial charge is 0.229 e. The van der Waals surface area contributed by atoms with Gasteiger partial charge in [-0.25, -0.2) is 0 Å². The number of Topliss-reactive ketones (excluding diaryl/α,β-unsaturated/α-hetero) is 1. The van der Waals surface area contributed by atoms with Crippen LogP contribution in [0.1, 0.15) is 60.0 Å². The van der Waals surface area contributed by atoms with E-state index in [2.05, 4.69) is 42.2 Å². The van der Waals surface area contributed by atoms with Crippen LogP contribution in [0.5, 0.6) is 0 Å². The average Bonchev–Trinajstić information content (AvgIpc) is 2.87. The van der Waals surface area contributed by atoms with Gasteiger partial charge in [-0.15, -0.1) is 0 Å². The summed E-state index contributed by atoms with van der Waals surface area (Å²) in [6.07, 6.45) is 3.64. The van der Waals surface area contributed by atoms with Gasteiger partial charge in [-0.05, 0) is 32.3 Å². The summed E-state index contributed by atoms with van der Waals surface area (Å²) in [7, 11) is 0. The van der Waals surface area contributed by atoms with Crippen LogP contribution in [0.2, 0.25) is 0 Å². The average molecular weight is 284 g/mol. The maximum absolute atomic E-state index is 11.3. The maximum atomic E-state index is 11.3. The lowest BCUT2D eigenvalue weighted by Gasteiger charge is -2.16. The highest BCUT2D eigenvalue weighted by molar-refractivity contribution is 5.79. The molecule has 0 bridgehead atoms. The van der Waals surface area contributed by atoms with Crippen molar-refractivity contribution in [3.05, 3.63) is 46.6 Å². The number of rotatable bonds is 3. The molecule has 1 aromatic heterocycles. The first-order valence-corrected chi connectivity index (χ1v) is 7.51. The zero-order chi connectivity index (χ0) is 14.8. The fourth-order valence-electron chi connectivity index (χ4n) is 3.05. The van der Waals surface area contributed by atoms with Crippen LogP contribution in [0.15, 0.2) is 22.7 Å². The molecule has 0 atom stereocenters. The van der Waals surface area contributed by atoms with Crippen LogP contribution in [-0.2, 0) is 11.2 Å². The molecule has 1 saturated carbocycles. The number of benzene rings is 1. The molecule has 0 aliphatic heterocycles. The van der Waals surface area contributed by atoms with E-state index in [0.717, 1.165) is 18.7 Å². The van der Waals surface area contributed by atoms with E-state index in [0.29, 0.717) is 30.9 Å². The molecule has 0 saturated heterocycles. The SMILES string of the molecule is Cc1cc(C)cc(Cc2noc(C3CCC(=O)CC3)n2)c1. The largest absolute Gasteiger partial charge is 0.339 e. The van der Waals surface area contributed by atoms with Gasteiger partial charge in [-0.1, -0.05) is 34.5 Å². The molecule has 0 N–H and O–H groups in total. The number of aromatic nitrogens is 2. The highest BCUT2D eigenvalue weighted by Crippen LogP contribution is 2.30. The predicted molar refractivity (Wildman–Crippen MR) is 79.2 cm³/mol. The molecule has 1 aromatic carbocycles.